The van der Waals surface area contributed by atoms with E-state index < -0.39 is 23.1 Å². The Hall–Kier alpha value is -2.18. The predicted molar refractivity (Wildman–Crippen MR) is 61.3 cm³/mol. The minimum Gasteiger partial charge on any atom is -0.409 e. The molecule has 0 aliphatic heterocycles. The van der Waals surface area contributed by atoms with Gasteiger partial charge in [0.15, 0.2) is 5.84 Å². The Labute approximate surface area is 102 Å². The number of oxime groups is 1. The minimum absolute atomic E-state index is 0.169. The first kappa shape index (κ1) is 13.9. The first-order chi connectivity index (χ1) is 8.51. The number of carbonyl (C=O) groups excluding carboxylic acids is 1. The van der Waals surface area contributed by atoms with E-state index in [1.165, 1.54) is 6.07 Å². The van der Waals surface area contributed by atoms with Crippen molar-refractivity contribution in [2.75, 3.05) is 13.1 Å². The number of carbonyl (C=O) groups is 1. The van der Waals surface area contributed by atoms with E-state index in [-0.39, 0.29) is 18.9 Å². The highest BCUT2D eigenvalue weighted by molar-refractivity contribution is 5.97. The van der Waals surface area contributed by atoms with Crippen LogP contribution in [0.4, 0.5) is 8.78 Å². The van der Waals surface area contributed by atoms with E-state index in [1.54, 1.807) is 6.92 Å². The van der Waals surface area contributed by atoms with E-state index in [0.29, 0.717) is 0 Å². The van der Waals surface area contributed by atoms with Gasteiger partial charge >= 0.3 is 0 Å². The summed E-state index contributed by atoms with van der Waals surface area (Å²) >= 11 is 0. The van der Waals surface area contributed by atoms with E-state index in [2.05, 4.69) is 5.16 Å². The van der Waals surface area contributed by atoms with Gasteiger partial charge in [-0.3, -0.25) is 4.79 Å². The molecule has 7 heteroatoms. The monoisotopic (exact) mass is 257 g/mol. The van der Waals surface area contributed by atoms with Crippen LogP contribution >= 0.6 is 0 Å². The first-order valence-corrected chi connectivity index (χ1v) is 5.21. The van der Waals surface area contributed by atoms with Gasteiger partial charge in [-0.1, -0.05) is 11.2 Å². The molecule has 0 radical (unpaired) electrons. The molecular weight excluding hydrogens is 244 g/mol. The molecule has 0 saturated heterocycles. The zero-order valence-electron chi connectivity index (χ0n) is 9.73. The quantitative estimate of drug-likeness (QED) is 0.368. The molecule has 98 valence electrons. The maximum atomic E-state index is 13.4. The van der Waals surface area contributed by atoms with Crippen molar-refractivity contribution < 1.29 is 18.8 Å². The van der Waals surface area contributed by atoms with Crippen LogP contribution in [0.25, 0.3) is 0 Å². The summed E-state index contributed by atoms with van der Waals surface area (Å²) in [6.07, 6.45) is 0. The number of halogens is 2. The summed E-state index contributed by atoms with van der Waals surface area (Å²) in [5.74, 6) is -2.96. The van der Waals surface area contributed by atoms with Gasteiger partial charge in [-0.25, -0.2) is 8.78 Å². The van der Waals surface area contributed by atoms with E-state index in [9.17, 15) is 13.6 Å². The largest absolute Gasteiger partial charge is 0.409 e. The Morgan fingerprint density at radius 3 is 2.44 bits per heavy atom. The summed E-state index contributed by atoms with van der Waals surface area (Å²) in [5, 5.41) is 11.1. The van der Waals surface area contributed by atoms with Crippen LogP contribution in [0, 0.1) is 11.6 Å². The first-order valence-electron chi connectivity index (χ1n) is 5.21. The highest BCUT2D eigenvalue weighted by atomic mass is 19.1. The fourth-order valence-corrected chi connectivity index (χ4v) is 1.41. The number of likely N-dealkylation sites (N-methyl/N-ethyl adjacent to an activating group) is 1. The van der Waals surface area contributed by atoms with Gasteiger partial charge in [0.1, 0.15) is 17.2 Å². The van der Waals surface area contributed by atoms with Crippen LogP contribution in [0.5, 0.6) is 0 Å². The van der Waals surface area contributed by atoms with Gasteiger partial charge in [0.25, 0.3) is 5.91 Å². The number of benzene rings is 1. The lowest BCUT2D eigenvalue weighted by Gasteiger charge is -2.20. The van der Waals surface area contributed by atoms with Crippen molar-refractivity contribution in [1.29, 1.82) is 0 Å². The van der Waals surface area contributed by atoms with Crippen LogP contribution in [0.2, 0.25) is 0 Å². The van der Waals surface area contributed by atoms with Gasteiger partial charge in [0.2, 0.25) is 0 Å². The minimum atomic E-state index is -0.946. The van der Waals surface area contributed by atoms with E-state index >= 15 is 0 Å². The van der Waals surface area contributed by atoms with Crippen molar-refractivity contribution in [2.24, 2.45) is 10.9 Å². The van der Waals surface area contributed by atoms with Crippen molar-refractivity contribution in [1.82, 2.24) is 4.90 Å². The van der Waals surface area contributed by atoms with Crippen molar-refractivity contribution in [2.45, 2.75) is 6.92 Å². The molecule has 0 heterocycles. The molecule has 1 amide bonds. The Morgan fingerprint density at radius 2 is 2.00 bits per heavy atom. The average molecular weight is 257 g/mol. The van der Waals surface area contributed by atoms with E-state index in [4.69, 9.17) is 10.9 Å². The van der Waals surface area contributed by atoms with E-state index in [1.807, 2.05) is 0 Å². The third kappa shape index (κ3) is 2.93. The van der Waals surface area contributed by atoms with E-state index in [0.717, 1.165) is 17.0 Å². The second-order valence-corrected chi connectivity index (χ2v) is 3.51. The molecule has 0 atom stereocenters. The molecule has 0 aliphatic rings. The molecule has 3 N–H and O–H groups in total. The summed E-state index contributed by atoms with van der Waals surface area (Å²) < 4.78 is 26.8. The molecule has 0 fully saturated rings. The SMILES string of the molecule is CCN(CC(N)=NO)C(=O)c1c(F)cccc1F. The van der Waals surface area contributed by atoms with Crippen LogP contribution in [-0.2, 0) is 0 Å². The van der Waals surface area contributed by atoms with Gasteiger partial charge in [0, 0.05) is 6.54 Å². The lowest BCUT2D eigenvalue weighted by Crippen LogP contribution is -2.39. The topological polar surface area (TPSA) is 78.9 Å². The molecule has 0 saturated carbocycles. The van der Waals surface area contributed by atoms with Crippen molar-refractivity contribution in [3.8, 4) is 0 Å². The molecule has 18 heavy (non-hydrogen) atoms. The predicted octanol–water partition coefficient (Wildman–Crippen LogP) is 1.17. The Balaban J connectivity index is 3.04. The molecule has 1 aromatic carbocycles. The maximum Gasteiger partial charge on any atom is 0.260 e. The number of amidine groups is 1. The lowest BCUT2D eigenvalue weighted by atomic mass is 10.1. The third-order valence-corrected chi connectivity index (χ3v) is 2.33. The molecule has 0 unspecified atom stereocenters. The highest BCUT2D eigenvalue weighted by Crippen LogP contribution is 2.14. The van der Waals surface area contributed by atoms with Gasteiger partial charge in [-0.05, 0) is 19.1 Å². The molecule has 5 nitrogen and oxygen atoms in total. The number of nitrogens with two attached hydrogens (primary N) is 1. The summed E-state index contributed by atoms with van der Waals surface area (Å²) in [6.45, 7) is 1.57. The van der Waals surface area contributed by atoms with Crippen molar-refractivity contribution >= 4 is 11.7 Å². The molecule has 0 bridgehead atoms. The molecule has 0 aliphatic carbocycles. The fourth-order valence-electron chi connectivity index (χ4n) is 1.41. The van der Waals surface area contributed by atoms with Crippen LogP contribution in [-0.4, -0.2) is 34.9 Å². The van der Waals surface area contributed by atoms with Gasteiger partial charge in [-0.15, -0.1) is 0 Å². The van der Waals surface area contributed by atoms with Crippen LogP contribution in [0.15, 0.2) is 23.4 Å². The zero-order chi connectivity index (χ0) is 13.7. The maximum absolute atomic E-state index is 13.4. The Kier molecular flexibility index (Phi) is 4.59. The molecule has 1 rings (SSSR count). The Morgan fingerprint density at radius 1 is 1.44 bits per heavy atom. The molecule has 0 aromatic heterocycles. The van der Waals surface area contributed by atoms with Crippen LogP contribution < -0.4 is 5.73 Å². The number of amides is 1. The summed E-state index contributed by atoms with van der Waals surface area (Å²) in [6, 6.07) is 3.16. The summed E-state index contributed by atoms with van der Waals surface area (Å²) in [5.41, 5.74) is 4.61. The molecule has 0 spiro atoms. The number of hydrogen-bond acceptors (Lipinski definition) is 3. The second kappa shape index (κ2) is 5.95. The van der Waals surface area contributed by atoms with Crippen LogP contribution in [0.3, 0.4) is 0 Å². The zero-order valence-corrected chi connectivity index (χ0v) is 9.73. The van der Waals surface area contributed by atoms with Gasteiger partial charge < -0.3 is 15.8 Å². The van der Waals surface area contributed by atoms with Crippen LogP contribution in [0.1, 0.15) is 17.3 Å². The average Bonchev–Trinajstić information content (AvgIpc) is 2.35. The molecule has 1 aromatic rings. The second-order valence-electron chi connectivity index (χ2n) is 3.51. The van der Waals surface area contributed by atoms with Crippen molar-refractivity contribution in [3.63, 3.8) is 0 Å². The number of hydrogen-bond donors (Lipinski definition) is 2. The number of nitrogens with zero attached hydrogens (tertiary/aromatic N) is 2. The lowest BCUT2D eigenvalue weighted by molar-refractivity contribution is 0.0776. The highest BCUT2D eigenvalue weighted by Gasteiger charge is 2.22. The summed E-state index contributed by atoms with van der Waals surface area (Å²) in [4.78, 5) is 13.0. The van der Waals surface area contributed by atoms with Gasteiger partial charge in [-0.2, -0.15) is 0 Å². The normalized spacial score (nSPS) is 11.4. The standard InChI is InChI=1S/C11H13F2N3O2/c1-2-16(6-9(14)15-18)11(17)10-7(12)4-3-5-8(10)13/h3-5,18H,2,6H2,1H3,(H2,14,15). The number of rotatable bonds is 4. The fraction of sp³-hybridized carbons (Fsp3) is 0.273. The third-order valence-electron chi connectivity index (χ3n) is 2.33. The van der Waals surface area contributed by atoms with Crippen molar-refractivity contribution in [3.05, 3.63) is 35.4 Å². The Bertz CT molecular complexity index is 457. The summed E-state index contributed by atoms with van der Waals surface area (Å²) in [7, 11) is 0. The molecular formula is C11H13F2N3O2. The smallest absolute Gasteiger partial charge is 0.260 e. The van der Waals surface area contributed by atoms with Gasteiger partial charge in [0.05, 0.1) is 6.54 Å².